The highest BCUT2D eigenvalue weighted by Gasteiger charge is 2.19. The first-order chi connectivity index (χ1) is 12.1. The number of aliphatic imine (C=N–C) groups is 1. The molecule has 124 valence electrons. The lowest BCUT2D eigenvalue weighted by atomic mass is 10.3. The predicted molar refractivity (Wildman–Crippen MR) is 103 cm³/mol. The zero-order valence-electron chi connectivity index (χ0n) is 13.4. The van der Waals surface area contributed by atoms with Crippen molar-refractivity contribution in [2.45, 2.75) is 0 Å². The van der Waals surface area contributed by atoms with E-state index in [1.165, 1.54) is 0 Å². The van der Waals surface area contributed by atoms with Crippen LogP contribution in [0.25, 0.3) is 0 Å². The lowest BCUT2D eigenvalue weighted by Gasteiger charge is -2.18. The van der Waals surface area contributed by atoms with Gasteiger partial charge in [0.15, 0.2) is 5.96 Å². The van der Waals surface area contributed by atoms with E-state index in [1.807, 2.05) is 42.5 Å². The van der Waals surface area contributed by atoms with Gasteiger partial charge in [0.2, 0.25) is 0 Å². The fourth-order valence-electron chi connectivity index (χ4n) is 2.41. The van der Waals surface area contributed by atoms with Crippen LogP contribution in [0.15, 0.2) is 83.9 Å². The van der Waals surface area contributed by atoms with Gasteiger partial charge in [-0.3, -0.25) is 4.79 Å². The Morgan fingerprint density at radius 1 is 0.800 bits per heavy atom. The highest BCUT2D eigenvalue weighted by atomic mass is 31.1. The minimum atomic E-state index is -0.882. The fraction of sp³-hybridized carbons (Fsp3) is 0. The summed E-state index contributed by atoms with van der Waals surface area (Å²) in [5.41, 5.74) is 11.6. The number of rotatable bonds is 4. The molecule has 1 heterocycles. The summed E-state index contributed by atoms with van der Waals surface area (Å²) in [5, 5.41) is 2.31. The number of benzene rings is 2. The first-order valence-corrected chi connectivity index (χ1v) is 9.00. The Morgan fingerprint density at radius 3 is 1.88 bits per heavy atom. The molecule has 5 nitrogen and oxygen atoms in total. The normalized spacial score (nSPS) is 10.4. The van der Waals surface area contributed by atoms with Crippen molar-refractivity contribution in [2.24, 2.45) is 16.5 Å². The molecular formula is C19H17N4OP. The van der Waals surface area contributed by atoms with Crippen LogP contribution in [0.5, 0.6) is 0 Å². The smallest absolute Gasteiger partial charge is 0.298 e. The van der Waals surface area contributed by atoms with Gasteiger partial charge in [0.05, 0.1) is 5.44 Å². The quantitative estimate of drug-likeness (QED) is 0.421. The summed E-state index contributed by atoms with van der Waals surface area (Å²) in [5.74, 6) is -0.816. The molecule has 3 rings (SSSR count). The van der Waals surface area contributed by atoms with Gasteiger partial charge in [-0.25, -0.2) is 4.98 Å². The van der Waals surface area contributed by atoms with Crippen LogP contribution < -0.4 is 27.5 Å². The Morgan fingerprint density at radius 2 is 1.36 bits per heavy atom. The van der Waals surface area contributed by atoms with Gasteiger partial charge in [0.1, 0.15) is 5.69 Å². The molecule has 0 bridgehead atoms. The van der Waals surface area contributed by atoms with Crippen LogP contribution in [-0.4, -0.2) is 16.9 Å². The summed E-state index contributed by atoms with van der Waals surface area (Å²) in [6, 6.07) is 25.6. The molecule has 0 unspecified atom stereocenters. The van der Waals surface area contributed by atoms with Crippen LogP contribution in [0.4, 0.5) is 0 Å². The van der Waals surface area contributed by atoms with Gasteiger partial charge in [-0.2, -0.15) is 4.99 Å². The van der Waals surface area contributed by atoms with E-state index in [-0.39, 0.29) is 11.7 Å². The number of amides is 1. The Labute approximate surface area is 147 Å². The van der Waals surface area contributed by atoms with E-state index in [4.69, 9.17) is 11.5 Å². The van der Waals surface area contributed by atoms with E-state index in [9.17, 15) is 4.79 Å². The van der Waals surface area contributed by atoms with E-state index < -0.39 is 13.8 Å². The number of nitrogens with zero attached hydrogens (tertiary/aromatic N) is 2. The van der Waals surface area contributed by atoms with Crippen molar-refractivity contribution in [1.29, 1.82) is 0 Å². The molecule has 0 saturated heterocycles. The second-order valence-corrected chi connectivity index (χ2v) is 7.39. The third-order valence-electron chi connectivity index (χ3n) is 3.44. The summed E-state index contributed by atoms with van der Waals surface area (Å²) >= 11 is 0. The topological polar surface area (TPSA) is 94.4 Å². The maximum Gasteiger partial charge on any atom is 0.298 e. The van der Waals surface area contributed by atoms with Gasteiger partial charge in [-0.1, -0.05) is 66.7 Å². The molecule has 0 saturated carbocycles. The third-order valence-corrected chi connectivity index (χ3v) is 5.78. The minimum Gasteiger partial charge on any atom is -0.370 e. The van der Waals surface area contributed by atoms with Crippen molar-refractivity contribution in [3.63, 3.8) is 0 Å². The summed E-state index contributed by atoms with van der Waals surface area (Å²) < 4.78 is 0. The SMILES string of the molecule is NC(N)=NC(=O)c1cccc(P(c2ccccc2)c2ccccc2)n1. The van der Waals surface area contributed by atoms with Gasteiger partial charge in [0, 0.05) is 7.92 Å². The molecule has 1 amide bonds. The third kappa shape index (κ3) is 4.08. The monoisotopic (exact) mass is 348 g/mol. The lowest BCUT2D eigenvalue weighted by Crippen LogP contribution is -2.26. The maximum atomic E-state index is 12.1. The minimum absolute atomic E-state index is 0.227. The first kappa shape index (κ1) is 16.8. The number of hydrogen-bond donors (Lipinski definition) is 2. The molecule has 25 heavy (non-hydrogen) atoms. The first-order valence-electron chi connectivity index (χ1n) is 7.66. The molecule has 1 aromatic heterocycles. The van der Waals surface area contributed by atoms with Crippen LogP contribution in [0.1, 0.15) is 10.5 Å². The average molecular weight is 348 g/mol. The van der Waals surface area contributed by atoms with Crippen molar-refractivity contribution in [3.05, 3.63) is 84.6 Å². The summed E-state index contributed by atoms with van der Waals surface area (Å²) in [7, 11) is -0.882. The Kier molecular flexibility index (Phi) is 5.17. The standard InChI is InChI=1S/C19H17N4OP/c20-19(21)23-18(24)16-12-7-13-17(22-16)25(14-8-3-1-4-9-14)15-10-5-2-6-11-15/h1-13H,(H4,20,21,23,24). The predicted octanol–water partition coefficient (Wildman–Crippen LogP) is 1.25. The molecule has 3 aromatic rings. The molecule has 0 spiro atoms. The number of guanidine groups is 1. The number of hydrogen-bond acceptors (Lipinski definition) is 2. The van der Waals surface area contributed by atoms with Gasteiger partial charge < -0.3 is 11.5 Å². The van der Waals surface area contributed by atoms with Crippen molar-refractivity contribution in [1.82, 2.24) is 4.98 Å². The Balaban J connectivity index is 2.09. The van der Waals surface area contributed by atoms with Crippen molar-refractivity contribution >= 4 is 35.8 Å². The molecule has 2 aromatic carbocycles. The average Bonchev–Trinajstić information content (AvgIpc) is 2.63. The number of pyridine rings is 1. The molecule has 4 N–H and O–H groups in total. The Bertz CT molecular complexity index is 854. The van der Waals surface area contributed by atoms with Gasteiger partial charge >= 0.3 is 0 Å². The number of carbonyl (C=O) groups is 1. The zero-order chi connectivity index (χ0) is 17.6. The highest BCUT2D eigenvalue weighted by molar-refractivity contribution is 7.79. The van der Waals surface area contributed by atoms with Crippen LogP contribution in [0.3, 0.4) is 0 Å². The van der Waals surface area contributed by atoms with Crippen LogP contribution in [0, 0.1) is 0 Å². The van der Waals surface area contributed by atoms with E-state index >= 15 is 0 Å². The molecule has 0 aliphatic rings. The lowest BCUT2D eigenvalue weighted by molar-refractivity contribution is 0.0998. The molecule has 0 radical (unpaired) electrons. The Hall–Kier alpha value is -3.04. The van der Waals surface area contributed by atoms with Crippen molar-refractivity contribution < 1.29 is 4.79 Å². The van der Waals surface area contributed by atoms with Crippen LogP contribution in [0.2, 0.25) is 0 Å². The zero-order valence-corrected chi connectivity index (χ0v) is 14.3. The van der Waals surface area contributed by atoms with Crippen LogP contribution >= 0.6 is 7.92 Å². The van der Waals surface area contributed by atoms with Gasteiger partial charge in [0.25, 0.3) is 5.91 Å². The summed E-state index contributed by atoms with van der Waals surface area (Å²) in [4.78, 5) is 20.2. The second kappa shape index (κ2) is 7.69. The molecule has 0 aliphatic heterocycles. The summed E-state index contributed by atoms with van der Waals surface area (Å²) in [6.07, 6.45) is 0. The molecular weight excluding hydrogens is 331 g/mol. The number of aromatic nitrogens is 1. The molecule has 0 aliphatic carbocycles. The molecule has 0 fully saturated rings. The highest BCUT2D eigenvalue weighted by Crippen LogP contribution is 2.31. The van der Waals surface area contributed by atoms with Crippen LogP contribution in [-0.2, 0) is 0 Å². The van der Waals surface area contributed by atoms with Crippen molar-refractivity contribution in [2.75, 3.05) is 0 Å². The number of nitrogens with two attached hydrogens (primary N) is 2. The fourth-order valence-corrected chi connectivity index (χ4v) is 4.62. The maximum absolute atomic E-state index is 12.1. The molecule has 0 atom stereocenters. The van der Waals surface area contributed by atoms with Crippen molar-refractivity contribution in [3.8, 4) is 0 Å². The van der Waals surface area contributed by atoms with Gasteiger partial charge in [-0.05, 0) is 22.7 Å². The molecule has 6 heteroatoms. The van der Waals surface area contributed by atoms with Gasteiger partial charge in [-0.15, -0.1) is 0 Å². The van der Waals surface area contributed by atoms with E-state index in [0.717, 1.165) is 16.0 Å². The largest absolute Gasteiger partial charge is 0.370 e. The van der Waals surface area contributed by atoms with E-state index in [0.29, 0.717) is 0 Å². The summed E-state index contributed by atoms with van der Waals surface area (Å²) in [6.45, 7) is 0. The number of carbonyl (C=O) groups excluding carboxylic acids is 1. The second-order valence-electron chi connectivity index (χ2n) is 5.23. The van der Waals surface area contributed by atoms with E-state index in [2.05, 4.69) is 34.2 Å². The van der Waals surface area contributed by atoms with E-state index in [1.54, 1.807) is 12.1 Å².